The Morgan fingerprint density at radius 3 is 2.05 bits per heavy atom. The Morgan fingerprint density at radius 2 is 1.65 bits per heavy atom. The van der Waals surface area contributed by atoms with E-state index < -0.39 is 24.6 Å². The van der Waals surface area contributed by atoms with Gasteiger partial charge in [0.05, 0.1) is 6.10 Å². The molecule has 0 N–H and O–H groups in total. The summed E-state index contributed by atoms with van der Waals surface area (Å²) >= 11 is 4.78. The Kier molecular flexibility index (Phi) is 6.14. The van der Waals surface area contributed by atoms with Crippen molar-refractivity contribution in [2.75, 3.05) is 4.43 Å². The summed E-state index contributed by atoms with van der Waals surface area (Å²) in [6, 6.07) is 5.96. The molecule has 1 atom stereocenters. The molecule has 1 aromatic rings. The van der Waals surface area contributed by atoms with Gasteiger partial charge in [-0.3, -0.25) is 0 Å². The smallest absolute Gasteiger partial charge is 0.352 e. The van der Waals surface area contributed by atoms with Gasteiger partial charge in [0.15, 0.2) is 0 Å². The summed E-state index contributed by atoms with van der Waals surface area (Å²) in [5, 5.41) is 0. The molecule has 0 heterocycles. The quantitative estimate of drug-likeness (QED) is 0.319. The Morgan fingerprint density at radius 1 is 1.10 bits per heavy atom. The lowest BCUT2D eigenvalue weighted by atomic mass is 10.1. The number of ether oxygens (including phenoxy) is 1. The van der Waals surface area contributed by atoms with Crippen molar-refractivity contribution in [1.29, 1.82) is 0 Å². The summed E-state index contributed by atoms with van der Waals surface area (Å²) in [6.45, 7) is 0. The maximum absolute atomic E-state index is 12.5. The fourth-order valence-electron chi connectivity index (χ4n) is 1.42. The van der Waals surface area contributed by atoms with Crippen molar-refractivity contribution in [3.63, 3.8) is 0 Å². The van der Waals surface area contributed by atoms with Gasteiger partial charge in [0.2, 0.25) is 6.10 Å². The summed E-state index contributed by atoms with van der Waals surface area (Å²) in [5.41, 5.74) is 0.243. The largest absolute Gasteiger partial charge is 0.423 e. The van der Waals surface area contributed by atoms with Crippen LogP contribution in [0.25, 0.3) is 0 Å². The standard InChI is InChI=1S/C11H8BrF6IO/c12-7-3-1-2-6(4-7)8(5-19)20-9(10(13,14)15)11(16,17)18/h1-4,8-9H,5H2. The highest BCUT2D eigenvalue weighted by Crippen LogP contribution is 2.39. The number of benzene rings is 1. The molecule has 0 aliphatic heterocycles. The molecule has 0 spiro atoms. The van der Waals surface area contributed by atoms with Gasteiger partial charge in [-0.15, -0.1) is 0 Å². The molecule has 0 radical (unpaired) electrons. The minimum Gasteiger partial charge on any atom is -0.352 e. The zero-order chi connectivity index (χ0) is 15.6. The van der Waals surface area contributed by atoms with Gasteiger partial charge in [0.25, 0.3) is 0 Å². The summed E-state index contributed by atoms with van der Waals surface area (Å²) < 4.78 is 79.5. The highest BCUT2D eigenvalue weighted by atomic mass is 127. The lowest BCUT2D eigenvalue weighted by molar-refractivity contribution is -0.330. The average molecular weight is 477 g/mol. The van der Waals surface area contributed by atoms with Crippen LogP contribution >= 0.6 is 38.5 Å². The Bertz CT molecular complexity index is 433. The van der Waals surface area contributed by atoms with E-state index in [4.69, 9.17) is 0 Å². The first-order valence-corrected chi connectivity index (χ1v) is 7.48. The van der Waals surface area contributed by atoms with Crippen LogP contribution in [0.4, 0.5) is 26.3 Å². The van der Waals surface area contributed by atoms with Gasteiger partial charge in [-0.1, -0.05) is 50.7 Å². The predicted molar refractivity (Wildman–Crippen MR) is 72.8 cm³/mol. The summed E-state index contributed by atoms with van der Waals surface area (Å²) in [4.78, 5) is 0. The molecule has 1 rings (SSSR count). The van der Waals surface area contributed by atoms with Crippen molar-refractivity contribution in [3.05, 3.63) is 34.3 Å². The molecule has 0 aliphatic rings. The van der Waals surface area contributed by atoms with Gasteiger partial charge >= 0.3 is 12.4 Å². The fraction of sp³-hybridized carbons (Fsp3) is 0.455. The zero-order valence-corrected chi connectivity index (χ0v) is 13.3. The molecular weight excluding hydrogens is 469 g/mol. The molecule has 114 valence electrons. The average Bonchev–Trinajstić information content (AvgIpc) is 2.26. The molecule has 1 unspecified atom stereocenters. The van der Waals surface area contributed by atoms with Crippen molar-refractivity contribution < 1.29 is 31.1 Å². The predicted octanol–water partition coefficient (Wildman–Crippen LogP) is 5.44. The molecule has 1 nitrogen and oxygen atoms in total. The Hall–Kier alpha value is -0.0300. The third-order valence-electron chi connectivity index (χ3n) is 2.26. The lowest BCUT2D eigenvalue weighted by Gasteiger charge is -2.27. The second-order valence-electron chi connectivity index (χ2n) is 3.80. The third-order valence-corrected chi connectivity index (χ3v) is 3.55. The minimum atomic E-state index is -5.51. The van der Waals surface area contributed by atoms with Gasteiger partial charge in [-0.25, -0.2) is 0 Å². The highest BCUT2D eigenvalue weighted by molar-refractivity contribution is 14.1. The molecule has 0 fully saturated rings. The van der Waals surface area contributed by atoms with E-state index in [1.807, 2.05) is 0 Å². The second kappa shape index (κ2) is 6.82. The number of hydrogen-bond acceptors (Lipinski definition) is 1. The highest BCUT2D eigenvalue weighted by Gasteiger charge is 2.58. The van der Waals surface area contributed by atoms with Crippen molar-refractivity contribution in [2.24, 2.45) is 0 Å². The van der Waals surface area contributed by atoms with E-state index in [-0.39, 0.29) is 9.99 Å². The van der Waals surface area contributed by atoms with Crippen molar-refractivity contribution in [3.8, 4) is 0 Å². The molecule has 0 bridgehead atoms. The maximum atomic E-state index is 12.5. The lowest BCUT2D eigenvalue weighted by Crippen LogP contribution is -2.45. The third kappa shape index (κ3) is 5.06. The van der Waals surface area contributed by atoms with Crippen LogP contribution in [-0.4, -0.2) is 22.9 Å². The van der Waals surface area contributed by atoms with Crippen molar-refractivity contribution in [2.45, 2.75) is 24.6 Å². The van der Waals surface area contributed by atoms with Gasteiger partial charge in [0, 0.05) is 8.90 Å². The van der Waals surface area contributed by atoms with Crippen molar-refractivity contribution >= 4 is 38.5 Å². The van der Waals surface area contributed by atoms with E-state index in [1.54, 1.807) is 28.7 Å². The first-order chi connectivity index (χ1) is 9.05. The monoisotopic (exact) mass is 476 g/mol. The van der Waals surface area contributed by atoms with E-state index in [0.717, 1.165) is 0 Å². The van der Waals surface area contributed by atoms with E-state index >= 15 is 0 Å². The number of hydrogen-bond donors (Lipinski definition) is 0. The molecule has 0 saturated carbocycles. The molecule has 0 amide bonds. The Labute approximate surface area is 132 Å². The first-order valence-electron chi connectivity index (χ1n) is 5.16. The molecule has 9 heteroatoms. The van der Waals surface area contributed by atoms with Crippen LogP contribution in [0, 0.1) is 0 Å². The SMILES string of the molecule is FC(F)(F)C(OC(CI)c1cccc(Br)c1)C(F)(F)F. The van der Waals surface area contributed by atoms with Crippen LogP contribution in [0.3, 0.4) is 0 Å². The minimum absolute atomic E-state index is 0.0448. The van der Waals surface area contributed by atoms with Gasteiger partial charge in [0.1, 0.15) is 0 Å². The summed E-state index contributed by atoms with van der Waals surface area (Å²) in [6.07, 6.45) is -16.1. The first kappa shape index (κ1) is 18.0. The molecule has 0 aromatic heterocycles. The fourth-order valence-corrected chi connectivity index (χ4v) is 2.55. The van der Waals surface area contributed by atoms with Crippen LogP contribution < -0.4 is 0 Å². The molecule has 0 saturated heterocycles. The van der Waals surface area contributed by atoms with E-state index in [1.165, 1.54) is 18.2 Å². The van der Waals surface area contributed by atoms with Crippen LogP contribution in [-0.2, 0) is 4.74 Å². The summed E-state index contributed by atoms with van der Waals surface area (Å²) in [5.74, 6) is 0. The molecule has 0 aliphatic carbocycles. The van der Waals surface area contributed by atoms with Crippen LogP contribution in [0.15, 0.2) is 28.7 Å². The van der Waals surface area contributed by atoms with Crippen LogP contribution in [0.1, 0.15) is 11.7 Å². The van der Waals surface area contributed by atoms with Crippen LogP contribution in [0.2, 0.25) is 0 Å². The van der Waals surface area contributed by atoms with E-state index in [9.17, 15) is 26.3 Å². The van der Waals surface area contributed by atoms with E-state index in [2.05, 4.69) is 20.7 Å². The Balaban J connectivity index is 3.01. The maximum Gasteiger partial charge on any atom is 0.423 e. The zero-order valence-electron chi connectivity index (χ0n) is 9.60. The molecule has 20 heavy (non-hydrogen) atoms. The molecular formula is C11H8BrF6IO. The van der Waals surface area contributed by atoms with Gasteiger partial charge < -0.3 is 4.74 Å². The van der Waals surface area contributed by atoms with Crippen molar-refractivity contribution in [1.82, 2.24) is 0 Å². The molecule has 1 aromatic carbocycles. The number of rotatable bonds is 4. The van der Waals surface area contributed by atoms with Gasteiger partial charge in [-0.05, 0) is 17.7 Å². The number of halogens is 8. The van der Waals surface area contributed by atoms with Gasteiger partial charge in [-0.2, -0.15) is 26.3 Å². The van der Waals surface area contributed by atoms with E-state index in [0.29, 0.717) is 4.47 Å². The second-order valence-corrected chi connectivity index (χ2v) is 5.59. The number of alkyl halides is 7. The van der Waals surface area contributed by atoms with Crippen LogP contribution in [0.5, 0.6) is 0 Å². The summed E-state index contributed by atoms with van der Waals surface area (Å²) in [7, 11) is 0. The topological polar surface area (TPSA) is 9.23 Å². The normalized spacial score (nSPS) is 14.7.